The first-order valence-corrected chi connectivity index (χ1v) is 7.43. The Bertz CT molecular complexity index is 1010. The van der Waals surface area contributed by atoms with E-state index in [1.807, 2.05) is 0 Å². The van der Waals surface area contributed by atoms with Gasteiger partial charge in [0.25, 0.3) is 11.8 Å². The summed E-state index contributed by atoms with van der Waals surface area (Å²) in [6.07, 6.45) is 0. The zero-order valence-corrected chi connectivity index (χ0v) is 13.0. The zero-order valence-electron chi connectivity index (χ0n) is 13.0. The molecule has 126 valence electrons. The van der Waals surface area contributed by atoms with Crippen molar-refractivity contribution in [2.24, 2.45) is 0 Å². The molecule has 2 aromatic carbocycles. The lowest BCUT2D eigenvalue weighted by Crippen LogP contribution is -2.28. The van der Waals surface area contributed by atoms with Gasteiger partial charge in [0.05, 0.1) is 0 Å². The molecule has 1 aromatic heterocycles. The molecule has 3 aromatic rings. The monoisotopic (exact) mass is 338 g/mol. The van der Waals surface area contributed by atoms with Crippen LogP contribution in [0.2, 0.25) is 0 Å². The molecule has 0 atom stereocenters. The lowest BCUT2D eigenvalue weighted by Gasteiger charge is -2.07. The van der Waals surface area contributed by atoms with E-state index in [1.54, 1.807) is 41.9 Å². The second-order valence-corrected chi connectivity index (χ2v) is 5.31. The molecule has 0 spiro atoms. The van der Waals surface area contributed by atoms with Gasteiger partial charge in [-0.1, -0.05) is 30.3 Å². The summed E-state index contributed by atoms with van der Waals surface area (Å²) in [5.41, 5.74) is 2.03. The standard InChI is InChI=1S/C18H14N2O5/c21-16(20-24)13-6-3-4-11(8-13)10-19-17(22)14-9-12-5-1-2-7-15(12)25-18(14)23/h1-9,24H,10H2,(H,19,22)(H,20,21). The number of fused-ring (bicyclic) bond motifs is 1. The molecule has 0 saturated heterocycles. The van der Waals surface area contributed by atoms with Crippen molar-refractivity contribution in [2.45, 2.75) is 6.54 Å². The number of para-hydroxylation sites is 1. The van der Waals surface area contributed by atoms with E-state index >= 15 is 0 Å². The van der Waals surface area contributed by atoms with Gasteiger partial charge in [-0.05, 0) is 29.8 Å². The zero-order chi connectivity index (χ0) is 17.8. The van der Waals surface area contributed by atoms with Crippen LogP contribution in [0.5, 0.6) is 0 Å². The van der Waals surface area contributed by atoms with Gasteiger partial charge in [-0.15, -0.1) is 0 Å². The fourth-order valence-electron chi connectivity index (χ4n) is 2.38. The highest BCUT2D eigenvalue weighted by atomic mass is 16.5. The lowest BCUT2D eigenvalue weighted by molar-refractivity contribution is 0.0706. The summed E-state index contributed by atoms with van der Waals surface area (Å²) in [6, 6.07) is 14.8. The summed E-state index contributed by atoms with van der Waals surface area (Å²) in [4.78, 5) is 35.6. The molecule has 3 N–H and O–H groups in total. The number of hydrogen-bond acceptors (Lipinski definition) is 5. The predicted molar refractivity (Wildman–Crippen MR) is 89.3 cm³/mol. The SMILES string of the molecule is O=C(NO)c1cccc(CNC(=O)c2cc3ccccc3oc2=O)c1. The van der Waals surface area contributed by atoms with E-state index in [0.29, 0.717) is 16.5 Å². The number of carbonyl (C=O) groups is 2. The van der Waals surface area contributed by atoms with Crippen LogP contribution in [0, 0.1) is 0 Å². The molecule has 0 radical (unpaired) electrons. The highest BCUT2D eigenvalue weighted by Gasteiger charge is 2.13. The van der Waals surface area contributed by atoms with Crippen LogP contribution in [-0.2, 0) is 6.54 Å². The van der Waals surface area contributed by atoms with E-state index in [0.717, 1.165) is 0 Å². The summed E-state index contributed by atoms with van der Waals surface area (Å²) >= 11 is 0. The number of carbonyl (C=O) groups excluding carboxylic acids is 2. The van der Waals surface area contributed by atoms with Crippen LogP contribution < -0.4 is 16.4 Å². The molecular formula is C18H14N2O5. The highest BCUT2D eigenvalue weighted by Crippen LogP contribution is 2.12. The van der Waals surface area contributed by atoms with Crippen LogP contribution in [-0.4, -0.2) is 17.0 Å². The summed E-state index contributed by atoms with van der Waals surface area (Å²) in [6.45, 7) is 0.109. The Labute approximate surface area is 141 Å². The maximum Gasteiger partial charge on any atom is 0.349 e. The van der Waals surface area contributed by atoms with Crippen molar-refractivity contribution in [1.29, 1.82) is 0 Å². The molecule has 0 saturated carbocycles. The third-order valence-electron chi connectivity index (χ3n) is 3.63. The number of amides is 2. The van der Waals surface area contributed by atoms with Crippen molar-refractivity contribution >= 4 is 22.8 Å². The van der Waals surface area contributed by atoms with Crippen molar-refractivity contribution in [3.05, 3.63) is 81.7 Å². The Kier molecular flexibility index (Phi) is 4.58. The lowest BCUT2D eigenvalue weighted by atomic mass is 10.1. The van der Waals surface area contributed by atoms with Gasteiger partial charge < -0.3 is 9.73 Å². The van der Waals surface area contributed by atoms with Gasteiger partial charge in [-0.25, -0.2) is 10.3 Å². The van der Waals surface area contributed by atoms with Gasteiger partial charge in [-0.3, -0.25) is 14.8 Å². The maximum atomic E-state index is 12.3. The van der Waals surface area contributed by atoms with Crippen LogP contribution >= 0.6 is 0 Å². The van der Waals surface area contributed by atoms with Gasteiger partial charge in [0, 0.05) is 17.5 Å². The molecule has 0 aliphatic heterocycles. The van der Waals surface area contributed by atoms with Crippen molar-refractivity contribution in [3.63, 3.8) is 0 Å². The highest BCUT2D eigenvalue weighted by molar-refractivity contribution is 5.96. The minimum atomic E-state index is -0.718. The van der Waals surface area contributed by atoms with E-state index in [9.17, 15) is 14.4 Å². The summed E-state index contributed by atoms with van der Waals surface area (Å²) in [5, 5.41) is 11.9. The van der Waals surface area contributed by atoms with E-state index in [1.165, 1.54) is 18.2 Å². The number of benzene rings is 2. The van der Waals surface area contributed by atoms with Crippen molar-refractivity contribution in [3.8, 4) is 0 Å². The first kappa shape index (κ1) is 16.4. The van der Waals surface area contributed by atoms with Gasteiger partial charge in [0.2, 0.25) is 0 Å². The van der Waals surface area contributed by atoms with Gasteiger partial charge in [-0.2, -0.15) is 0 Å². The largest absolute Gasteiger partial charge is 0.422 e. The predicted octanol–water partition coefficient (Wildman–Crippen LogP) is 1.84. The molecule has 7 nitrogen and oxygen atoms in total. The average molecular weight is 338 g/mol. The van der Waals surface area contributed by atoms with Crippen LogP contribution in [0.1, 0.15) is 26.3 Å². The normalized spacial score (nSPS) is 10.4. The molecule has 0 unspecified atom stereocenters. The van der Waals surface area contributed by atoms with Crippen LogP contribution in [0.25, 0.3) is 11.0 Å². The Hall–Kier alpha value is -3.45. The molecule has 0 aliphatic carbocycles. The molecule has 1 heterocycles. The van der Waals surface area contributed by atoms with E-state index < -0.39 is 17.4 Å². The molecular weight excluding hydrogens is 324 g/mol. The van der Waals surface area contributed by atoms with Crippen molar-refractivity contribution in [2.75, 3.05) is 0 Å². The Morgan fingerprint density at radius 2 is 1.80 bits per heavy atom. The quantitative estimate of drug-likeness (QED) is 0.382. The van der Waals surface area contributed by atoms with Gasteiger partial charge in [0.15, 0.2) is 0 Å². The van der Waals surface area contributed by atoms with Gasteiger partial charge >= 0.3 is 5.63 Å². The molecule has 7 heteroatoms. The first-order valence-electron chi connectivity index (χ1n) is 7.43. The molecule has 0 fully saturated rings. The number of hydrogen-bond donors (Lipinski definition) is 3. The third-order valence-corrected chi connectivity index (χ3v) is 3.63. The smallest absolute Gasteiger partial charge is 0.349 e. The fraction of sp³-hybridized carbons (Fsp3) is 0.0556. The molecule has 25 heavy (non-hydrogen) atoms. The van der Waals surface area contributed by atoms with Crippen LogP contribution in [0.15, 0.2) is 63.8 Å². The number of nitrogens with one attached hydrogen (secondary N) is 2. The van der Waals surface area contributed by atoms with Crippen molar-refractivity contribution < 1.29 is 19.2 Å². The molecule has 3 rings (SSSR count). The third kappa shape index (κ3) is 3.56. The summed E-state index contributed by atoms with van der Waals surface area (Å²) in [5.74, 6) is -1.22. The second kappa shape index (κ2) is 6.98. The Morgan fingerprint density at radius 3 is 2.60 bits per heavy atom. The maximum absolute atomic E-state index is 12.3. The van der Waals surface area contributed by atoms with Crippen LogP contribution in [0.4, 0.5) is 0 Å². The molecule has 0 bridgehead atoms. The molecule has 0 aliphatic rings. The van der Waals surface area contributed by atoms with E-state index in [-0.39, 0.29) is 17.7 Å². The Balaban J connectivity index is 1.78. The Morgan fingerprint density at radius 1 is 1.00 bits per heavy atom. The first-order chi connectivity index (χ1) is 12.1. The summed E-state index contributed by atoms with van der Waals surface area (Å²) in [7, 11) is 0. The van der Waals surface area contributed by atoms with E-state index in [4.69, 9.17) is 9.62 Å². The minimum absolute atomic E-state index is 0.0945. The summed E-state index contributed by atoms with van der Waals surface area (Å²) < 4.78 is 5.13. The second-order valence-electron chi connectivity index (χ2n) is 5.31. The average Bonchev–Trinajstić information content (AvgIpc) is 2.65. The van der Waals surface area contributed by atoms with Crippen molar-refractivity contribution in [1.82, 2.24) is 10.8 Å². The topological polar surface area (TPSA) is 109 Å². The minimum Gasteiger partial charge on any atom is -0.422 e. The number of rotatable bonds is 4. The van der Waals surface area contributed by atoms with E-state index in [2.05, 4.69) is 5.32 Å². The molecule has 2 amide bonds. The number of hydroxylamine groups is 1. The fourth-order valence-corrected chi connectivity index (χ4v) is 2.38. The van der Waals surface area contributed by atoms with Gasteiger partial charge in [0.1, 0.15) is 11.1 Å². The van der Waals surface area contributed by atoms with Crippen LogP contribution in [0.3, 0.4) is 0 Å².